The summed E-state index contributed by atoms with van der Waals surface area (Å²) in [6.45, 7) is 0.478. The highest BCUT2D eigenvalue weighted by molar-refractivity contribution is 6.28. The lowest BCUT2D eigenvalue weighted by atomic mass is 9.97. The van der Waals surface area contributed by atoms with E-state index < -0.39 is 5.79 Å². The molecule has 0 bridgehead atoms. The molecule has 10 nitrogen and oxygen atoms in total. The van der Waals surface area contributed by atoms with E-state index in [0.717, 1.165) is 11.1 Å². The van der Waals surface area contributed by atoms with Crippen molar-refractivity contribution in [3.05, 3.63) is 137 Å². The first-order valence-corrected chi connectivity index (χ1v) is 14.0. The van der Waals surface area contributed by atoms with Gasteiger partial charge < -0.3 is 28.9 Å². The largest absolute Gasteiger partial charge is 0.497 e. The van der Waals surface area contributed by atoms with Crippen LogP contribution in [0.2, 0.25) is 5.28 Å². The maximum absolute atomic E-state index is 12.8. The number of hydrogen-bond donors (Lipinski definition) is 1. The molecule has 1 aromatic heterocycles. The summed E-state index contributed by atoms with van der Waals surface area (Å²) in [4.78, 5) is 26.5. The molecule has 6 rings (SSSR count). The zero-order valence-corrected chi connectivity index (χ0v) is 24.3. The van der Waals surface area contributed by atoms with Crippen LogP contribution in [0, 0.1) is 0 Å². The molecule has 1 fully saturated rings. The quantitative estimate of drug-likeness (QED) is 0.171. The summed E-state index contributed by atoms with van der Waals surface area (Å²) in [6, 6.07) is 28.6. The lowest BCUT2D eigenvalue weighted by molar-refractivity contribution is -0.885. The van der Waals surface area contributed by atoms with E-state index in [2.05, 4.69) is 9.97 Å². The first-order chi connectivity index (χ1) is 21.5. The summed E-state index contributed by atoms with van der Waals surface area (Å²) in [6.07, 6.45) is 1.33. The number of rotatable bonds is 10. The SMILES string of the molecule is COc1ccc(C(=O)c2ccc(Oc3ccc(C4(c5ccc(O[n+]6cnc(Cl)nc6CO)cc5)OCCO4)cc3)cc2)cc1. The highest BCUT2D eigenvalue weighted by atomic mass is 35.5. The maximum atomic E-state index is 12.8. The third-order valence-corrected chi connectivity index (χ3v) is 7.14. The highest BCUT2D eigenvalue weighted by Crippen LogP contribution is 2.39. The molecule has 11 heteroatoms. The molecule has 1 aliphatic rings. The summed E-state index contributed by atoms with van der Waals surface area (Å²) in [5.41, 5.74) is 2.70. The third-order valence-electron chi connectivity index (χ3n) is 6.96. The normalized spacial score (nSPS) is 13.8. The Morgan fingerprint density at radius 1 is 0.818 bits per heavy atom. The molecule has 1 saturated heterocycles. The first kappa shape index (κ1) is 29.2. The number of methoxy groups -OCH3 is 1. The topological polar surface area (TPSA) is 113 Å². The fraction of sp³-hybridized carbons (Fsp3) is 0.152. The van der Waals surface area contributed by atoms with Crippen molar-refractivity contribution in [3.63, 3.8) is 0 Å². The van der Waals surface area contributed by atoms with Crippen molar-refractivity contribution in [2.75, 3.05) is 20.3 Å². The molecule has 44 heavy (non-hydrogen) atoms. The van der Waals surface area contributed by atoms with E-state index in [4.69, 9.17) is 35.4 Å². The standard InChI is InChI=1S/C33H27ClN3O7/c1-40-26-10-2-22(3-11-26)31(39)23-4-12-27(13-5-23)43-28-14-6-24(7-15-28)33(41-18-19-42-33)25-8-16-29(17-9-25)44-37-21-35-32(34)36-30(37)20-38/h2-17,21,38H,18-20H2,1H3/q+1. The molecule has 0 aliphatic carbocycles. The van der Waals surface area contributed by atoms with Gasteiger partial charge in [-0.2, -0.15) is 0 Å². The Hall–Kier alpha value is -4.87. The number of aromatic nitrogens is 3. The van der Waals surface area contributed by atoms with Crippen molar-refractivity contribution in [3.8, 4) is 23.0 Å². The van der Waals surface area contributed by atoms with E-state index in [9.17, 15) is 9.90 Å². The van der Waals surface area contributed by atoms with Crippen LogP contribution in [-0.2, 0) is 21.9 Å². The van der Waals surface area contributed by atoms with Gasteiger partial charge in [0.15, 0.2) is 11.5 Å². The molecule has 1 aliphatic heterocycles. The van der Waals surface area contributed by atoms with E-state index in [1.165, 1.54) is 11.1 Å². The van der Waals surface area contributed by atoms with Gasteiger partial charge in [-0.1, -0.05) is 9.97 Å². The lowest BCUT2D eigenvalue weighted by Gasteiger charge is -2.28. The van der Waals surface area contributed by atoms with Crippen LogP contribution >= 0.6 is 11.6 Å². The van der Waals surface area contributed by atoms with Gasteiger partial charge in [0.2, 0.25) is 5.79 Å². The Morgan fingerprint density at radius 2 is 1.32 bits per heavy atom. The molecule has 0 unspecified atom stereocenters. The Labute approximate surface area is 257 Å². The van der Waals surface area contributed by atoms with Crippen molar-refractivity contribution in [2.45, 2.75) is 12.4 Å². The van der Waals surface area contributed by atoms with Crippen LogP contribution in [0.4, 0.5) is 0 Å². The van der Waals surface area contributed by atoms with Gasteiger partial charge >= 0.3 is 11.1 Å². The fourth-order valence-electron chi connectivity index (χ4n) is 4.76. The van der Waals surface area contributed by atoms with Crippen LogP contribution in [0.25, 0.3) is 0 Å². The van der Waals surface area contributed by atoms with E-state index >= 15 is 0 Å². The number of aliphatic hydroxyl groups is 1. The number of carbonyl (C=O) groups excluding carboxylic acids is 1. The number of ketones is 1. The van der Waals surface area contributed by atoms with Crippen molar-refractivity contribution in [1.82, 2.24) is 9.97 Å². The smallest absolute Gasteiger partial charge is 0.372 e. The average molecular weight is 613 g/mol. The van der Waals surface area contributed by atoms with Crippen molar-refractivity contribution >= 4 is 17.4 Å². The molecular weight excluding hydrogens is 586 g/mol. The Bertz CT molecular complexity index is 1740. The summed E-state index contributed by atoms with van der Waals surface area (Å²) in [5, 5.41) is 9.55. The van der Waals surface area contributed by atoms with Gasteiger partial charge in [0.25, 0.3) is 6.33 Å². The van der Waals surface area contributed by atoms with Gasteiger partial charge in [-0.3, -0.25) is 4.79 Å². The van der Waals surface area contributed by atoms with Crippen molar-refractivity contribution < 1.29 is 38.4 Å². The second kappa shape index (κ2) is 12.8. The third kappa shape index (κ3) is 6.10. The lowest BCUT2D eigenvalue weighted by Crippen LogP contribution is -2.45. The molecule has 5 aromatic rings. The predicted octanol–water partition coefficient (Wildman–Crippen LogP) is 5.03. The van der Waals surface area contributed by atoms with Gasteiger partial charge in [-0.15, -0.1) is 0 Å². The number of aliphatic hydroxyl groups excluding tert-OH is 1. The van der Waals surface area contributed by atoms with Gasteiger partial charge in [-0.05, 0) is 113 Å². The first-order valence-electron chi connectivity index (χ1n) is 13.7. The average Bonchev–Trinajstić information content (AvgIpc) is 3.57. The minimum absolute atomic E-state index is 0.00768. The fourth-order valence-corrected chi connectivity index (χ4v) is 4.90. The number of carbonyl (C=O) groups is 1. The minimum Gasteiger partial charge on any atom is -0.497 e. The Balaban J connectivity index is 1.15. The zero-order chi connectivity index (χ0) is 30.5. The second-order valence-electron chi connectivity index (χ2n) is 9.66. The molecule has 222 valence electrons. The number of hydrogen-bond acceptors (Lipinski definition) is 9. The number of nitrogens with zero attached hydrogens (tertiary/aromatic N) is 3. The molecule has 0 saturated carbocycles. The molecule has 0 radical (unpaired) electrons. The van der Waals surface area contributed by atoms with Crippen LogP contribution in [0.15, 0.2) is 103 Å². The van der Waals surface area contributed by atoms with Crippen molar-refractivity contribution in [1.29, 1.82) is 0 Å². The van der Waals surface area contributed by atoms with Crippen molar-refractivity contribution in [2.24, 2.45) is 0 Å². The Kier molecular flexibility index (Phi) is 8.49. The number of ether oxygens (including phenoxy) is 4. The van der Waals surface area contributed by atoms with E-state index in [0.29, 0.717) is 47.3 Å². The van der Waals surface area contributed by atoms with Gasteiger partial charge in [0.05, 0.1) is 20.3 Å². The summed E-state index contributed by atoms with van der Waals surface area (Å²) >= 11 is 5.81. The van der Waals surface area contributed by atoms with Gasteiger partial charge in [-0.25, -0.2) is 0 Å². The molecule has 0 amide bonds. The monoisotopic (exact) mass is 612 g/mol. The Morgan fingerprint density at radius 3 is 1.84 bits per heavy atom. The zero-order valence-electron chi connectivity index (χ0n) is 23.6. The predicted molar refractivity (Wildman–Crippen MR) is 158 cm³/mol. The number of benzene rings is 4. The summed E-state index contributed by atoms with van der Waals surface area (Å²) < 4.78 is 24.7. The van der Waals surface area contributed by atoms with Crippen LogP contribution in [-0.4, -0.2) is 41.2 Å². The highest BCUT2D eigenvalue weighted by Gasteiger charge is 2.40. The van der Waals surface area contributed by atoms with Gasteiger partial charge in [0.1, 0.15) is 23.9 Å². The molecule has 0 spiro atoms. The van der Waals surface area contributed by atoms with Crippen LogP contribution < -0.4 is 19.0 Å². The van der Waals surface area contributed by atoms with Crippen LogP contribution in [0.1, 0.15) is 32.9 Å². The molecular formula is C33H27ClN3O7+. The second-order valence-corrected chi connectivity index (χ2v) is 10.0. The van der Waals surface area contributed by atoms with E-state index in [1.807, 2.05) is 36.4 Å². The molecule has 1 N–H and O–H groups in total. The van der Waals surface area contributed by atoms with Crippen LogP contribution in [0.3, 0.4) is 0 Å². The summed E-state index contributed by atoms with van der Waals surface area (Å²) in [7, 11) is 1.59. The molecule has 2 heterocycles. The maximum Gasteiger partial charge on any atom is 0.372 e. The molecule has 4 aromatic carbocycles. The van der Waals surface area contributed by atoms with Gasteiger partial charge in [0, 0.05) is 22.3 Å². The number of halogens is 1. The molecule has 0 atom stereocenters. The minimum atomic E-state index is -1.10. The summed E-state index contributed by atoms with van der Waals surface area (Å²) in [5.74, 6) is 1.39. The van der Waals surface area contributed by atoms with E-state index in [-0.39, 0.29) is 23.5 Å². The van der Waals surface area contributed by atoms with E-state index in [1.54, 1.807) is 67.8 Å². The van der Waals surface area contributed by atoms with Crippen LogP contribution in [0.5, 0.6) is 23.0 Å².